The Hall–Kier alpha value is -2.03. The molecule has 0 amide bonds. The number of nitrogens with zero attached hydrogens (tertiary/aromatic N) is 5. The molecule has 1 aromatic heterocycles. The summed E-state index contributed by atoms with van der Waals surface area (Å²) in [5, 5.41) is 0. The lowest BCUT2D eigenvalue weighted by Gasteiger charge is -2.48. The summed E-state index contributed by atoms with van der Waals surface area (Å²) in [6.45, 7) is 2.64. The van der Waals surface area contributed by atoms with Crippen molar-refractivity contribution in [2.45, 2.75) is 24.8 Å². The van der Waals surface area contributed by atoms with Crippen LogP contribution in [0, 0.1) is 0 Å². The number of piperidine rings is 1. The molecule has 8 heteroatoms. The molecule has 0 atom stereocenters. The Morgan fingerprint density at radius 3 is 2.37 bits per heavy atom. The second-order valence-corrected chi connectivity index (χ2v) is 9.67. The van der Waals surface area contributed by atoms with Crippen molar-refractivity contribution in [3.05, 3.63) is 53.9 Å². The van der Waals surface area contributed by atoms with Gasteiger partial charge in [0.1, 0.15) is 0 Å². The summed E-state index contributed by atoms with van der Waals surface area (Å²) < 4.78 is 27.9. The van der Waals surface area contributed by atoms with E-state index in [1.165, 1.54) is 15.4 Å². The Balaban J connectivity index is 1.65. The van der Waals surface area contributed by atoms with Gasteiger partial charge in [0.05, 0.1) is 0 Å². The molecule has 4 rings (SSSR count). The first kappa shape index (κ1) is 18.3. The number of aromatic nitrogens is 2. The molecule has 2 aliphatic rings. The van der Waals surface area contributed by atoms with E-state index in [1.54, 1.807) is 30.8 Å². The number of fused-ring (bicyclic) bond motifs is 2. The Labute approximate surface area is 160 Å². The van der Waals surface area contributed by atoms with Crippen LogP contribution in [-0.4, -0.2) is 60.7 Å². The highest BCUT2D eigenvalue weighted by Gasteiger charge is 2.44. The van der Waals surface area contributed by atoms with Gasteiger partial charge in [-0.15, -0.1) is 0 Å². The van der Waals surface area contributed by atoms with Crippen LogP contribution in [0.4, 0.5) is 5.95 Å². The van der Waals surface area contributed by atoms with E-state index in [0.29, 0.717) is 13.1 Å². The number of hydrogen-bond donors (Lipinski definition) is 0. The summed E-state index contributed by atoms with van der Waals surface area (Å²) in [6.07, 6.45) is 5.12. The molecule has 0 bridgehead atoms. The minimum Gasteiger partial charge on any atom is -0.336 e. The molecule has 0 saturated carbocycles. The zero-order chi connectivity index (χ0) is 19.1. The van der Waals surface area contributed by atoms with Gasteiger partial charge in [-0.3, -0.25) is 0 Å². The van der Waals surface area contributed by atoms with Gasteiger partial charge in [0.25, 0.3) is 10.2 Å². The zero-order valence-corrected chi connectivity index (χ0v) is 16.6. The average Bonchev–Trinajstić information content (AvgIpc) is 2.69. The van der Waals surface area contributed by atoms with Gasteiger partial charge in [0.15, 0.2) is 0 Å². The third-order valence-corrected chi connectivity index (χ3v) is 7.69. The molecule has 1 fully saturated rings. The van der Waals surface area contributed by atoms with Crippen LogP contribution >= 0.6 is 0 Å². The Morgan fingerprint density at radius 1 is 1.04 bits per heavy atom. The fraction of sp³-hybridized carbons (Fsp3) is 0.474. The van der Waals surface area contributed by atoms with Crippen LogP contribution in [0.15, 0.2) is 42.7 Å². The lowest BCUT2D eigenvalue weighted by atomic mass is 9.69. The molecule has 0 radical (unpaired) electrons. The van der Waals surface area contributed by atoms with Crippen LogP contribution in [0.3, 0.4) is 0 Å². The fourth-order valence-electron chi connectivity index (χ4n) is 4.29. The number of rotatable bonds is 3. The minimum atomic E-state index is -3.37. The summed E-state index contributed by atoms with van der Waals surface area (Å²) in [5.41, 5.74) is 2.55. The third kappa shape index (κ3) is 3.22. The molecule has 2 aromatic rings. The van der Waals surface area contributed by atoms with E-state index in [-0.39, 0.29) is 5.41 Å². The van der Waals surface area contributed by atoms with Crippen LogP contribution in [0.5, 0.6) is 0 Å². The molecule has 1 aromatic carbocycles. The van der Waals surface area contributed by atoms with E-state index in [2.05, 4.69) is 39.1 Å². The fourth-order valence-corrected chi connectivity index (χ4v) is 5.39. The maximum atomic E-state index is 12.5. The summed E-state index contributed by atoms with van der Waals surface area (Å²) in [5.74, 6) is 0.731. The Morgan fingerprint density at radius 2 is 1.70 bits per heavy atom. The van der Waals surface area contributed by atoms with Crippen molar-refractivity contribution in [3.8, 4) is 0 Å². The van der Waals surface area contributed by atoms with E-state index in [4.69, 9.17) is 0 Å². The minimum absolute atomic E-state index is 0.0770. The zero-order valence-electron chi connectivity index (χ0n) is 15.7. The van der Waals surface area contributed by atoms with Gasteiger partial charge in [-0.2, -0.15) is 17.0 Å². The predicted molar refractivity (Wildman–Crippen MR) is 105 cm³/mol. The van der Waals surface area contributed by atoms with Crippen molar-refractivity contribution in [1.29, 1.82) is 0 Å². The number of anilines is 1. The standard InChI is InChI=1S/C19H25N5O2S/c1-22(2)27(25,26)24-12-8-19(9-13-24)15-23(18-20-10-5-11-21-18)14-16-6-3-4-7-17(16)19/h3-7,10-11H,8-9,12-15H2,1-2H3. The average molecular weight is 388 g/mol. The first-order valence-electron chi connectivity index (χ1n) is 9.20. The summed E-state index contributed by atoms with van der Waals surface area (Å²) in [4.78, 5) is 11.1. The van der Waals surface area contributed by atoms with Crippen LogP contribution in [0.2, 0.25) is 0 Å². The topological polar surface area (TPSA) is 69.6 Å². The van der Waals surface area contributed by atoms with Gasteiger partial charge in [0.2, 0.25) is 5.95 Å². The Bertz CT molecular complexity index is 909. The highest BCUT2D eigenvalue weighted by atomic mass is 32.2. The van der Waals surface area contributed by atoms with Crippen LogP contribution in [0.1, 0.15) is 24.0 Å². The van der Waals surface area contributed by atoms with Crippen molar-refractivity contribution in [3.63, 3.8) is 0 Å². The van der Waals surface area contributed by atoms with E-state index in [0.717, 1.165) is 31.9 Å². The van der Waals surface area contributed by atoms with Gasteiger partial charge in [0, 0.05) is 58.1 Å². The molecule has 1 saturated heterocycles. The smallest absolute Gasteiger partial charge is 0.281 e. The van der Waals surface area contributed by atoms with Gasteiger partial charge in [-0.05, 0) is 30.0 Å². The van der Waals surface area contributed by atoms with Gasteiger partial charge >= 0.3 is 0 Å². The van der Waals surface area contributed by atoms with E-state index < -0.39 is 10.2 Å². The molecule has 0 unspecified atom stereocenters. The van der Waals surface area contributed by atoms with E-state index in [9.17, 15) is 8.42 Å². The second kappa shape index (κ2) is 6.85. The molecular weight excluding hydrogens is 362 g/mol. The number of hydrogen-bond acceptors (Lipinski definition) is 5. The lowest BCUT2D eigenvalue weighted by Crippen LogP contribution is -2.54. The SMILES string of the molecule is CN(C)S(=O)(=O)N1CCC2(CC1)CN(c1ncccn1)Cc1ccccc12. The molecule has 3 heterocycles. The van der Waals surface area contributed by atoms with Gasteiger partial charge < -0.3 is 4.90 Å². The number of benzene rings is 1. The summed E-state index contributed by atoms with van der Waals surface area (Å²) >= 11 is 0. The van der Waals surface area contributed by atoms with E-state index >= 15 is 0 Å². The summed E-state index contributed by atoms with van der Waals surface area (Å²) in [7, 11) is -0.195. The van der Waals surface area contributed by atoms with Crippen molar-refractivity contribution >= 4 is 16.2 Å². The monoisotopic (exact) mass is 387 g/mol. The molecular formula is C19H25N5O2S. The van der Waals surface area contributed by atoms with E-state index in [1.807, 2.05) is 6.07 Å². The largest absolute Gasteiger partial charge is 0.336 e. The second-order valence-electron chi connectivity index (χ2n) is 7.53. The first-order chi connectivity index (χ1) is 12.9. The third-order valence-electron chi connectivity index (χ3n) is 5.75. The molecule has 0 aliphatic carbocycles. The highest BCUT2D eigenvalue weighted by Crippen LogP contribution is 2.42. The highest BCUT2D eigenvalue weighted by molar-refractivity contribution is 7.86. The predicted octanol–water partition coefficient (Wildman–Crippen LogP) is 1.64. The van der Waals surface area contributed by atoms with Crippen LogP contribution in [-0.2, 0) is 22.2 Å². The van der Waals surface area contributed by atoms with Crippen molar-refractivity contribution in [2.24, 2.45) is 0 Å². The van der Waals surface area contributed by atoms with Crippen molar-refractivity contribution in [2.75, 3.05) is 38.6 Å². The van der Waals surface area contributed by atoms with Gasteiger partial charge in [-0.1, -0.05) is 24.3 Å². The molecule has 144 valence electrons. The lowest BCUT2D eigenvalue weighted by molar-refractivity contribution is 0.219. The van der Waals surface area contributed by atoms with Crippen molar-refractivity contribution in [1.82, 2.24) is 18.6 Å². The molecule has 1 spiro atoms. The first-order valence-corrected chi connectivity index (χ1v) is 10.6. The maximum Gasteiger partial charge on any atom is 0.281 e. The van der Waals surface area contributed by atoms with Gasteiger partial charge in [-0.25, -0.2) is 9.97 Å². The van der Waals surface area contributed by atoms with Crippen molar-refractivity contribution < 1.29 is 8.42 Å². The molecule has 0 N–H and O–H groups in total. The normalized spacial score (nSPS) is 20.0. The molecule has 7 nitrogen and oxygen atoms in total. The molecule has 27 heavy (non-hydrogen) atoms. The summed E-state index contributed by atoms with van der Waals surface area (Å²) in [6, 6.07) is 10.3. The maximum absolute atomic E-state index is 12.5. The Kier molecular flexibility index (Phi) is 4.65. The molecule has 2 aliphatic heterocycles. The van der Waals surface area contributed by atoms with Crippen LogP contribution < -0.4 is 4.90 Å². The quantitative estimate of drug-likeness (QED) is 0.801. The van der Waals surface area contributed by atoms with Crippen LogP contribution in [0.25, 0.3) is 0 Å².